The average Bonchev–Trinajstić information content (AvgIpc) is 1.88. The van der Waals surface area contributed by atoms with Gasteiger partial charge in [-0.05, 0) is 26.2 Å². The van der Waals surface area contributed by atoms with Crippen LogP contribution in [0.15, 0.2) is 0 Å². The molecule has 1 heteroatoms. The average molecular weight is 208 g/mol. The molecule has 1 fully saturated rings. The Bertz CT molecular complexity index is 262. The Morgan fingerprint density at radius 1 is 1.07 bits per heavy atom. The van der Waals surface area contributed by atoms with Crippen molar-refractivity contribution in [2.45, 2.75) is 41.5 Å². The smallest absolute Gasteiger partial charge is 0.0528 e. The van der Waals surface area contributed by atoms with E-state index >= 15 is 0 Å². The molecule has 0 aliphatic carbocycles. The summed E-state index contributed by atoms with van der Waals surface area (Å²) in [5.41, 5.74) is 0.362. The summed E-state index contributed by atoms with van der Waals surface area (Å²) in [6, 6.07) is 0. The molecule has 1 nitrogen and oxygen atoms in total. The first kappa shape index (κ1) is 12.6. The summed E-state index contributed by atoms with van der Waals surface area (Å²) in [6.45, 7) is 15.1. The minimum atomic E-state index is 0.105. The van der Waals surface area contributed by atoms with Crippen LogP contribution in [0, 0.1) is 34.5 Å². The van der Waals surface area contributed by atoms with Crippen LogP contribution in [-0.4, -0.2) is 13.2 Å². The molecule has 0 aromatic heterocycles. The lowest BCUT2D eigenvalue weighted by molar-refractivity contribution is -0.0686. The van der Waals surface area contributed by atoms with E-state index in [0.717, 1.165) is 13.2 Å². The molecule has 86 valence electrons. The quantitative estimate of drug-likeness (QED) is 0.600. The standard InChI is InChI=1S/C14H24O/c1-13(2,3)8-7-12(14(4,5)6)11-9-15-10-11/h11-12H,9-10H2,1-6H3. The van der Waals surface area contributed by atoms with Crippen LogP contribution in [0.1, 0.15) is 41.5 Å². The lowest BCUT2D eigenvalue weighted by atomic mass is 9.72. The lowest BCUT2D eigenvalue weighted by Crippen LogP contribution is -2.39. The van der Waals surface area contributed by atoms with Crippen LogP contribution in [0.4, 0.5) is 0 Å². The zero-order valence-corrected chi connectivity index (χ0v) is 11.0. The van der Waals surface area contributed by atoms with Crippen molar-refractivity contribution in [1.29, 1.82) is 0 Å². The van der Waals surface area contributed by atoms with Crippen molar-refractivity contribution in [3.05, 3.63) is 0 Å². The molecule has 1 aliphatic heterocycles. The van der Waals surface area contributed by atoms with E-state index < -0.39 is 0 Å². The van der Waals surface area contributed by atoms with Gasteiger partial charge in [-0.1, -0.05) is 32.6 Å². The first-order chi connectivity index (χ1) is 6.70. The van der Waals surface area contributed by atoms with E-state index in [0.29, 0.717) is 11.8 Å². The number of hydrogen-bond donors (Lipinski definition) is 0. The first-order valence-electron chi connectivity index (χ1n) is 5.80. The van der Waals surface area contributed by atoms with Gasteiger partial charge < -0.3 is 4.74 Å². The summed E-state index contributed by atoms with van der Waals surface area (Å²) in [5.74, 6) is 7.95. The maximum absolute atomic E-state index is 5.28. The third kappa shape index (κ3) is 3.87. The molecule has 0 saturated carbocycles. The van der Waals surface area contributed by atoms with Gasteiger partial charge in [-0.2, -0.15) is 0 Å². The van der Waals surface area contributed by atoms with Crippen molar-refractivity contribution in [3.8, 4) is 11.8 Å². The van der Waals surface area contributed by atoms with E-state index in [2.05, 4.69) is 53.4 Å². The molecular formula is C14H24O. The Balaban J connectivity index is 2.76. The van der Waals surface area contributed by atoms with Gasteiger partial charge in [-0.15, -0.1) is 0 Å². The van der Waals surface area contributed by atoms with Crippen LogP contribution in [0.3, 0.4) is 0 Å². The van der Waals surface area contributed by atoms with Crippen molar-refractivity contribution in [1.82, 2.24) is 0 Å². The molecule has 0 radical (unpaired) electrons. The number of ether oxygens (including phenoxy) is 1. The van der Waals surface area contributed by atoms with Gasteiger partial charge in [0.2, 0.25) is 0 Å². The molecule has 0 amide bonds. The van der Waals surface area contributed by atoms with Crippen molar-refractivity contribution < 1.29 is 4.74 Å². The Morgan fingerprint density at radius 3 is 1.87 bits per heavy atom. The normalized spacial score (nSPS) is 20.1. The summed E-state index contributed by atoms with van der Waals surface area (Å²) >= 11 is 0. The van der Waals surface area contributed by atoms with Crippen LogP contribution >= 0.6 is 0 Å². The van der Waals surface area contributed by atoms with Crippen LogP contribution in [0.25, 0.3) is 0 Å². The van der Waals surface area contributed by atoms with E-state index in [9.17, 15) is 0 Å². The zero-order chi connectivity index (χ0) is 11.7. The molecule has 0 bridgehead atoms. The fraction of sp³-hybridized carbons (Fsp3) is 0.857. The van der Waals surface area contributed by atoms with Crippen LogP contribution in [-0.2, 0) is 4.74 Å². The predicted molar refractivity (Wildman–Crippen MR) is 64.5 cm³/mol. The molecule has 15 heavy (non-hydrogen) atoms. The third-order valence-corrected chi connectivity index (χ3v) is 2.67. The highest BCUT2D eigenvalue weighted by atomic mass is 16.5. The summed E-state index contributed by atoms with van der Waals surface area (Å²) in [6.07, 6.45) is 0. The molecule has 0 spiro atoms. The maximum Gasteiger partial charge on any atom is 0.0528 e. The van der Waals surface area contributed by atoms with E-state index in [4.69, 9.17) is 4.74 Å². The van der Waals surface area contributed by atoms with Crippen LogP contribution in [0.2, 0.25) is 0 Å². The molecule has 1 heterocycles. The van der Waals surface area contributed by atoms with E-state index in [1.54, 1.807) is 0 Å². The molecule has 0 aromatic carbocycles. The van der Waals surface area contributed by atoms with Gasteiger partial charge in [0.15, 0.2) is 0 Å². The summed E-state index contributed by atoms with van der Waals surface area (Å²) in [5, 5.41) is 0. The highest BCUT2D eigenvalue weighted by Crippen LogP contribution is 2.35. The third-order valence-electron chi connectivity index (χ3n) is 2.67. The van der Waals surface area contributed by atoms with Crippen LogP contribution in [0.5, 0.6) is 0 Å². The highest BCUT2D eigenvalue weighted by molar-refractivity contribution is 5.14. The largest absolute Gasteiger partial charge is 0.381 e. The van der Waals surface area contributed by atoms with Gasteiger partial charge in [0.25, 0.3) is 0 Å². The summed E-state index contributed by atoms with van der Waals surface area (Å²) < 4.78 is 5.28. The van der Waals surface area contributed by atoms with Gasteiger partial charge in [0.1, 0.15) is 0 Å². The van der Waals surface area contributed by atoms with E-state index in [-0.39, 0.29) is 10.8 Å². The molecule has 1 rings (SSSR count). The van der Waals surface area contributed by atoms with Crippen molar-refractivity contribution in [2.24, 2.45) is 22.7 Å². The molecule has 0 aromatic rings. The Morgan fingerprint density at radius 2 is 1.60 bits per heavy atom. The zero-order valence-electron chi connectivity index (χ0n) is 11.0. The minimum Gasteiger partial charge on any atom is -0.381 e. The summed E-state index contributed by atoms with van der Waals surface area (Å²) in [7, 11) is 0. The van der Waals surface area contributed by atoms with Gasteiger partial charge in [-0.25, -0.2) is 0 Å². The fourth-order valence-electron chi connectivity index (χ4n) is 1.78. The number of rotatable bonds is 1. The minimum absolute atomic E-state index is 0.105. The molecule has 1 saturated heterocycles. The van der Waals surface area contributed by atoms with Crippen molar-refractivity contribution >= 4 is 0 Å². The van der Waals surface area contributed by atoms with Crippen LogP contribution < -0.4 is 0 Å². The highest BCUT2D eigenvalue weighted by Gasteiger charge is 2.35. The number of hydrogen-bond acceptors (Lipinski definition) is 1. The predicted octanol–water partition coefficient (Wildman–Crippen LogP) is 3.34. The molecule has 1 unspecified atom stereocenters. The maximum atomic E-state index is 5.28. The fourth-order valence-corrected chi connectivity index (χ4v) is 1.78. The van der Waals surface area contributed by atoms with Crippen molar-refractivity contribution in [3.63, 3.8) is 0 Å². The lowest BCUT2D eigenvalue weighted by Gasteiger charge is -2.38. The second kappa shape index (κ2) is 4.18. The summed E-state index contributed by atoms with van der Waals surface area (Å²) in [4.78, 5) is 0. The van der Waals surface area contributed by atoms with Gasteiger partial charge in [0, 0.05) is 17.3 Å². The van der Waals surface area contributed by atoms with Gasteiger partial charge in [0.05, 0.1) is 13.2 Å². The molecule has 0 N–H and O–H groups in total. The Labute approximate surface area is 94.6 Å². The van der Waals surface area contributed by atoms with E-state index in [1.807, 2.05) is 0 Å². The molecule has 1 aliphatic rings. The molecule has 1 atom stereocenters. The van der Waals surface area contributed by atoms with Gasteiger partial charge >= 0.3 is 0 Å². The second-order valence-electron chi connectivity index (χ2n) is 6.66. The SMILES string of the molecule is CC(C)(C)C#CC(C1COC1)C(C)(C)C. The topological polar surface area (TPSA) is 9.23 Å². The Hall–Kier alpha value is -0.480. The monoisotopic (exact) mass is 208 g/mol. The molecular weight excluding hydrogens is 184 g/mol. The van der Waals surface area contributed by atoms with Gasteiger partial charge in [-0.3, -0.25) is 0 Å². The van der Waals surface area contributed by atoms with Crippen molar-refractivity contribution in [2.75, 3.05) is 13.2 Å². The van der Waals surface area contributed by atoms with E-state index in [1.165, 1.54) is 0 Å². The first-order valence-corrected chi connectivity index (χ1v) is 5.80. The second-order valence-corrected chi connectivity index (χ2v) is 6.66. The Kier molecular flexibility index (Phi) is 3.51.